The molecule has 8 heteroatoms. The molecule has 0 aromatic carbocycles. The monoisotopic (exact) mass is 372 g/mol. The van der Waals surface area contributed by atoms with Crippen LogP contribution in [0.1, 0.15) is 27.1 Å². The molecule has 3 aromatic rings. The zero-order valence-electron chi connectivity index (χ0n) is 14.8. The minimum Gasteiger partial charge on any atom is -0.466 e. The average molecular weight is 372 g/mol. The SMILES string of the molecule is Cc1cc(-c2nnc(CN3CCN(C(=O)c4cccs4)CC3)o2)c(C)o1. The van der Waals surface area contributed by atoms with Crippen LogP contribution in [-0.4, -0.2) is 52.1 Å². The lowest BCUT2D eigenvalue weighted by Crippen LogP contribution is -2.48. The number of hydrogen-bond acceptors (Lipinski definition) is 7. The number of aromatic nitrogens is 2. The summed E-state index contributed by atoms with van der Waals surface area (Å²) in [7, 11) is 0. The van der Waals surface area contributed by atoms with Crippen LogP contribution in [0.5, 0.6) is 0 Å². The second kappa shape index (κ2) is 7.05. The lowest BCUT2D eigenvalue weighted by Gasteiger charge is -2.33. The molecule has 0 unspecified atom stereocenters. The van der Waals surface area contributed by atoms with Crippen LogP contribution in [-0.2, 0) is 6.54 Å². The van der Waals surface area contributed by atoms with E-state index >= 15 is 0 Å². The number of thiophene rings is 1. The van der Waals surface area contributed by atoms with Crippen molar-refractivity contribution >= 4 is 17.2 Å². The van der Waals surface area contributed by atoms with E-state index in [2.05, 4.69) is 15.1 Å². The molecule has 0 N–H and O–H groups in total. The maximum Gasteiger partial charge on any atom is 0.264 e. The molecule has 1 amide bonds. The third-order valence-electron chi connectivity index (χ3n) is 4.49. The first-order valence-electron chi connectivity index (χ1n) is 8.55. The Hall–Kier alpha value is -2.45. The van der Waals surface area contributed by atoms with E-state index in [0.717, 1.165) is 35.1 Å². The van der Waals surface area contributed by atoms with Crippen molar-refractivity contribution < 1.29 is 13.6 Å². The van der Waals surface area contributed by atoms with Gasteiger partial charge in [-0.25, -0.2) is 0 Å². The molecule has 0 radical (unpaired) electrons. The van der Waals surface area contributed by atoms with Crippen molar-refractivity contribution in [3.63, 3.8) is 0 Å². The fourth-order valence-corrected chi connectivity index (χ4v) is 3.82. The van der Waals surface area contributed by atoms with Crippen LogP contribution < -0.4 is 0 Å². The summed E-state index contributed by atoms with van der Waals surface area (Å²) in [5, 5.41) is 10.2. The van der Waals surface area contributed by atoms with Gasteiger partial charge in [0.2, 0.25) is 5.89 Å². The van der Waals surface area contributed by atoms with Crippen LogP contribution in [0.2, 0.25) is 0 Å². The highest BCUT2D eigenvalue weighted by Crippen LogP contribution is 2.25. The fraction of sp³-hybridized carbons (Fsp3) is 0.389. The van der Waals surface area contributed by atoms with Gasteiger partial charge in [-0.1, -0.05) is 6.07 Å². The van der Waals surface area contributed by atoms with E-state index in [9.17, 15) is 4.79 Å². The molecule has 4 rings (SSSR count). The lowest BCUT2D eigenvalue weighted by atomic mass is 10.2. The van der Waals surface area contributed by atoms with Gasteiger partial charge in [-0.3, -0.25) is 9.69 Å². The lowest BCUT2D eigenvalue weighted by molar-refractivity contribution is 0.0623. The maximum absolute atomic E-state index is 12.4. The third-order valence-corrected chi connectivity index (χ3v) is 5.35. The summed E-state index contributed by atoms with van der Waals surface area (Å²) in [4.78, 5) is 17.3. The molecule has 3 aromatic heterocycles. The van der Waals surface area contributed by atoms with Gasteiger partial charge in [-0.15, -0.1) is 21.5 Å². The molecule has 0 bridgehead atoms. The molecule has 0 atom stereocenters. The van der Waals surface area contributed by atoms with E-state index in [4.69, 9.17) is 8.83 Å². The van der Waals surface area contributed by atoms with Gasteiger partial charge in [-0.05, 0) is 31.4 Å². The Labute approximate surface area is 155 Å². The molecule has 1 aliphatic heterocycles. The highest BCUT2D eigenvalue weighted by atomic mass is 32.1. The molecule has 0 saturated carbocycles. The smallest absolute Gasteiger partial charge is 0.264 e. The average Bonchev–Trinajstić information content (AvgIpc) is 3.36. The van der Waals surface area contributed by atoms with Crippen molar-refractivity contribution in [1.29, 1.82) is 0 Å². The Bertz CT molecular complexity index is 892. The first-order chi connectivity index (χ1) is 12.6. The molecule has 0 aliphatic carbocycles. The van der Waals surface area contributed by atoms with Crippen LogP contribution in [0.4, 0.5) is 0 Å². The van der Waals surface area contributed by atoms with Gasteiger partial charge in [-0.2, -0.15) is 0 Å². The summed E-state index contributed by atoms with van der Waals surface area (Å²) >= 11 is 1.49. The van der Waals surface area contributed by atoms with Crippen molar-refractivity contribution in [2.24, 2.45) is 0 Å². The molecule has 1 fully saturated rings. The Balaban J connectivity index is 1.35. The van der Waals surface area contributed by atoms with Crippen LogP contribution in [0.25, 0.3) is 11.5 Å². The summed E-state index contributed by atoms with van der Waals surface area (Å²) in [5.74, 6) is 2.78. The quantitative estimate of drug-likeness (QED) is 0.701. The van der Waals surface area contributed by atoms with E-state index in [0.29, 0.717) is 31.4 Å². The number of furan rings is 1. The number of rotatable bonds is 4. The first kappa shape index (κ1) is 17.0. The van der Waals surface area contributed by atoms with Crippen molar-refractivity contribution in [2.75, 3.05) is 26.2 Å². The maximum atomic E-state index is 12.4. The molecule has 1 saturated heterocycles. The third kappa shape index (κ3) is 3.42. The number of aryl methyl sites for hydroxylation is 2. The predicted octanol–water partition coefficient (Wildman–Crippen LogP) is 2.97. The Morgan fingerprint density at radius 1 is 1.19 bits per heavy atom. The summed E-state index contributed by atoms with van der Waals surface area (Å²) < 4.78 is 11.3. The summed E-state index contributed by atoms with van der Waals surface area (Å²) in [6, 6.07) is 5.69. The zero-order valence-corrected chi connectivity index (χ0v) is 15.6. The Morgan fingerprint density at radius 2 is 2.00 bits per heavy atom. The number of amides is 1. The van der Waals surface area contributed by atoms with E-state index < -0.39 is 0 Å². The van der Waals surface area contributed by atoms with Gasteiger partial charge in [0.25, 0.3) is 11.8 Å². The Morgan fingerprint density at radius 3 is 2.65 bits per heavy atom. The summed E-state index contributed by atoms with van der Waals surface area (Å²) in [5.41, 5.74) is 0.840. The van der Waals surface area contributed by atoms with Crippen molar-refractivity contribution in [1.82, 2.24) is 20.0 Å². The van der Waals surface area contributed by atoms with Crippen LogP contribution in [0, 0.1) is 13.8 Å². The van der Waals surface area contributed by atoms with Crippen LogP contribution >= 0.6 is 11.3 Å². The number of nitrogens with zero attached hydrogens (tertiary/aromatic N) is 4. The molecular formula is C18H20N4O3S. The van der Waals surface area contributed by atoms with E-state index in [1.807, 2.05) is 42.3 Å². The first-order valence-corrected chi connectivity index (χ1v) is 9.43. The minimum atomic E-state index is 0.116. The van der Waals surface area contributed by atoms with Gasteiger partial charge >= 0.3 is 0 Å². The molecule has 4 heterocycles. The van der Waals surface area contributed by atoms with Crippen molar-refractivity contribution in [3.8, 4) is 11.5 Å². The topological polar surface area (TPSA) is 75.6 Å². The predicted molar refractivity (Wildman–Crippen MR) is 97.0 cm³/mol. The molecule has 7 nitrogen and oxygen atoms in total. The van der Waals surface area contributed by atoms with Crippen molar-refractivity contribution in [2.45, 2.75) is 20.4 Å². The highest BCUT2D eigenvalue weighted by Gasteiger charge is 2.24. The van der Waals surface area contributed by atoms with Gasteiger partial charge < -0.3 is 13.7 Å². The number of carbonyl (C=O) groups excluding carboxylic acids is 1. The molecule has 26 heavy (non-hydrogen) atoms. The number of carbonyl (C=O) groups is 1. The van der Waals surface area contributed by atoms with Crippen molar-refractivity contribution in [3.05, 3.63) is 45.9 Å². The van der Waals surface area contributed by atoms with E-state index in [1.165, 1.54) is 11.3 Å². The van der Waals surface area contributed by atoms with Gasteiger partial charge in [0.15, 0.2) is 0 Å². The minimum absolute atomic E-state index is 0.116. The molecular weight excluding hydrogens is 352 g/mol. The fourth-order valence-electron chi connectivity index (χ4n) is 3.13. The Kier molecular flexibility index (Phi) is 4.60. The van der Waals surface area contributed by atoms with E-state index in [-0.39, 0.29) is 5.91 Å². The van der Waals surface area contributed by atoms with Gasteiger partial charge in [0.05, 0.1) is 17.0 Å². The van der Waals surface area contributed by atoms with E-state index in [1.54, 1.807) is 0 Å². The molecule has 0 spiro atoms. The van der Waals surface area contributed by atoms with Gasteiger partial charge in [0, 0.05) is 26.2 Å². The normalized spacial score (nSPS) is 15.5. The summed E-state index contributed by atoms with van der Waals surface area (Å²) in [6.07, 6.45) is 0. The van der Waals surface area contributed by atoms with Crippen LogP contribution in [0.3, 0.4) is 0 Å². The second-order valence-electron chi connectivity index (χ2n) is 6.37. The summed E-state index contributed by atoms with van der Waals surface area (Å²) in [6.45, 7) is 7.36. The van der Waals surface area contributed by atoms with Gasteiger partial charge in [0.1, 0.15) is 11.5 Å². The van der Waals surface area contributed by atoms with Crippen LogP contribution in [0.15, 0.2) is 32.4 Å². The molecule has 136 valence electrons. The standard InChI is InChI=1S/C18H20N4O3S/c1-12-10-14(13(2)24-12)17-20-19-16(25-17)11-21-5-7-22(8-6-21)18(23)15-4-3-9-26-15/h3-4,9-10H,5-8,11H2,1-2H3. The number of hydrogen-bond donors (Lipinski definition) is 0. The highest BCUT2D eigenvalue weighted by molar-refractivity contribution is 7.12. The molecule has 1 aliphatic rings. The largest absolute Gasteiger partial charge is 0.466 e. The zero-order chi connectivity index (χ0) is 18.1. The number of piperazine rings is 1. The second-order valence-corrected chi connectivity index (χ2v) is 7.32.